The number of hydrogen-bond acceptors (Lipinski definition) is 3. The van der Waals surface area contributed by atoms with E-state index in [-0.39, 0.29) is 17.7 Å². The zero-order valence-electron chi connectivity index (χ0n) is 9.04. The van der Waals surface area contributed by atoms with Crippen molar-refractivity contribution in [3.05, 3.63) is 0 Å². The molecule has 0 saturated heterocycles. The molecule has 0 heterocycles. The molecule has 1 aliphatic rings. The minimum atomic E-state index is -0.392. The van der Waals surface area contributed by atoms with E-state index in [1.54, 1.807) is 0 Å². The Bertz CT molecular complexity index is 210. The molecule has 14 heavy (non-hydrogen) atoms. The first-order valence-electron chi connectivity index (χ1n) is 5.04. The minimum Gasteiger partial charge on any atom is -0.446 e. The van der Waals surface area contributed by atoms with Gasteiger partial charge >= 0.3 is 6.09 Å². The van der Waals surface area contributed by atoms with Crippen LogP contribution >= 0.6 is 0 Å². The van der Waals surface area contributed by atoms with Crippen molar-refractivity contribution < 1.29 is 14.6 Å². The molecule has 0 unspecified atom stereocenters. The summed E-state index contributed by atoms with van der Waals surface area (Å²) in [4.78, 5) is 11.3. The first-order chi connectivity index (χ1) is 6.37. The third kappa shape index (κ3) is 3.96. The summed E-state index contributed by atoms with van der Waals surface area (Å²) in [6, 6.07) is 0. The van der Waals surface area contributed by atoms with Crippen LogP contribution in [0.1, 0.15) is 40.0 Å². The van der Waals surface area contributed by atoms with Crippen LogP contribution in [0.25, 0.3) is 0 Å². The molecule has 0 radical (unpaired) electrons. The second-order valence-corrected chi connectivity index (χ2v) is 4.87. The van der Waals surface area contributed by atoms with E-state index in [2.05, 4.69) is 5.32 Å². The highest BCUT2D eigenvalue weighted by Gasteiger charge is 2.26. The van der Waals surface area contributed by atoms with Gasteiger partial charge in [0.05, 0.1) is 6.10 Å². The molecule has 82 valence electrons. The van der Waals surface area contributed by atoms with Gasteiger partial charge in [0.2, 0.25) is 0 Å². The van der Waals surface area contributed by atoms with Gasteiger partial charge < -0.3 is 15.2 Å². The van der Waals surface area contributed by atoms with E-state index >= 15 is 0 Å². The van der Waals surface area contributed by atoms with Crippen molar-refractivity contribution in [3.8, 4) is 0 Å². The van der Waals surface area contributed by atoms with Crippen molar-refractivity contribution in [2.75, 3.05) is 0 Å². The van der Waals surface area contributed by atoms with Crippen LogP contribution < -0.4 is 5.32 Å². The van der Waals surface area contributed by atoms with Crippen LogP contribution in [-0.2, 0) is 4.74 Å². The Morgan fingerprint density at radius 1 is 1.43 bits per heavy atom. The molecule has 1 amide bonds. The summed E-state index contributed by atoms with van der Waals surface area (Å²) in [6.45, 7) is 5.70. The number of nitrogens with one attached hydrogen (secondary N) is 1. The van der Waals surface area contributed by atoms with Crippen LogP contribution in [0.4, 0.5) is 4.79 Å². The predicted molar refractivity (Wildman–Crippen MR) is 53.0 cm³/mol. The Balaban J connectivity index is 2.27. The number of rotatable bonds is 1. The van der Waals surface area contributed by atoms with Crippen molar-refractivity contribution in [1.82, 2.24) is 5.32 Å². The molecule has 1 fully saturated rings. The Kier molecular flexibility index (Phi) is 3.37. The molecule has 0 spiro atoms. The van der Waals surface area contributed by atoms with Crippen molar-refractivity contribution in [2.45, 2.75) is 57.8 Å². The Hall–Kier alpha value is -0.770. The fourth-order valence-electron chi connectivity index (χ4n) is 1.51. The lowest BCUT2D eigenvalue weighted by Crippen LogP contribution is -2.42. The van der Waals surface area contributed by atoms with Crippen molar-refractivity contribution in [3.63, 3.8) is 0 Å². The molecule has 1 saturated carbocycles. The van der Waals surface area contributed by atoms with Crippen LogP contribution in [0.2, 0.25) is 0 Å². The molecule has 4 nitrogen and oxygen atoms in total. The van der Waals surface area contributed by atoms with Gasteiger partial charge in [-0.15, -0.1) is 0 Å². The maximum Gasteiger partial charge on any atom is 0.407 e. The summed E-state index contributed by atoms with van der Waals surface area (Å²) in [5.41, 5.74) is -0.270. The molecule has 0 bridgehead atoms. The first kappa shape index (κ1) is 11.3. The van der Waals surface area contributed by atoms with E-state index in [1.807, 2.05) is 20.8 Å². The molecule has 0 aliphatic heterocycles. The number of alkyl carbamates (subject to hydrolysis) is 1. The van der Waals surface area contributed by atoms with E-state index in [4.69, 9.17) is 4.74 Å². The molecule has 1 rings (SSSR count). The summed E-state index contributed by atoms with van der Waals surface area (Å²) in [5.74, 6) is 0. The zero-order valence-corrected chi connectivity index (χ0v) is 9.04. The van der Waals surface area contributed by atoms with Crippen molar-refractivity contribution in [1.29, 1.82) is 0 Å². The number of amides is 1. The molecule has 0 aromatic heterocycles. The summed E-state index contributed by atoms with van der Waals surface area (Å²) >= 11 is 0. The molecule has 0 aromatic rings. The maximum absolute atomic E-state index is 11.3. The monoisotopic (exact) mass is 201 g/mol. The summed E-state index contributed by atoms with van der Waals surface area (Å²) in [7, 11) is 0. The zero-order chi connectivity index (χ0) is 10.8. The largest absolute Gasteiger partial charge is 0.446 e. The van der Waals surface area contributed by atoms with Crippen LogP contribution in [0.5, 0.6) is 0 Å². The Morgan fingerprint density at radius 2 is 2.07 bits per heavy atom. The van der Waals surface area contributed by atoms with E-state index in [1.165, 1.54) is 0 Å². The highest BCUT2D eigenvalue weighted by atomic mass is 16.6. The molecule has 0 aromatic carbocycles. The second-order valence-electron chi connectivity index (χ2n) is 4.87. The van der Waals surface area contributed by atoms with Crippen LogP contribution in [0.3, 0.4) is 0 Å². The number of ether oxygens (including phenoxy) is 1. The van der Waals surface area contributed by atoms with Gasteiger partial charge in [0.25, 0.3) is 0 Å². The molecular weight excluding hydrogens is 182 g/mol. The predicted octanol–water partition coefficient (Wildman–Crippen LogP) is 1.42. The van der Waals surface area contributed by atoms with Gasteiger partial charge in [-0.05, 0) is 33.6 Å². The third-order valence-corrected chi connectivity index (χ3v) is 2.11. The van der Waals surface area contributed by atoms with E-state index in [9.17, 15) is 9.90 Å². The minimum absolute atomic E-state index is 0.118. The van der Waals surface area contributed by atoms with Gasteiger partial charge in [0.15, 0.2) is 0 Å². The smallest absolute Gasteiger partial charge is 0.407 e. The summed E-state index contributed by atoms with van der Waals surface area (Å²) in [6.07, 6.45) is 1.25. The number of aliphatic hydroxyl groups is 1. The average molecular weight is 201 g/mol. The fraction of sp³-hybridized carbons (Fsp3) is 0.900. The Morgan fingerprint density at radius 3 is 2.50 bits per heavy atom. The normalized spacial score (nSPS) is 27.4. The molecule has 4 heteroatoms. The van der Waals surface area contributed by atoms with Gasteiger partial charge in [-0.25, -0.2) is 4.79 Å². The number of carbonyl (C=O) groups is 1. The van der Waals surface area contributed by atoms with Crippen LogP contribution in [0, 0.1) is 0 Å². The molecule has 1 aliphatic carbocycles. The van der Waals surface area contributed by atoms with Gasteiger partial charge in [-0.2, -0.15) is 0 Å². The highest BCUT2D eigenvalue weighted by molar-refractivity contribution is 5.68. The van der Waals surface area contributed by atoms with Gasteiger partial charge in [-0.3, -0.25) is 0 Å². The second kappa shape index (κ2) is 4.17. The van der Waals surface area contributed by atoms with Crippen molar-refractivity contribution >= 4 is 6.09 Å². The molecular formula is C10H19NO3. The van der Waals surface area contributed by atoms with Crippen LogP contribution in [-0.4, -0.2) is 28.9 Å². The van der Waals surface area contributed by atoms with E-state index in [0.717, 1.165) is 12.8 Å². The van der Waals surface area contributed by atoms with E-state index in [0.29, 0.717) is 6.42 Å². The van der Waals surface area contributed by atoms with Crippen molar-refractivity contribution in [2.24, 2.45) is 0 Å². The lowest BCUT2D eigenvalue weighted by atomic mass is 10.1. The SMILES string of the molecule is CC(C)(C)NC(=O)O[C@@H]1CC[C@@H](O)C1. The number of hydrogen-bond donors (Lipinski definition) is 2. The van der Waals surface area contributed by atoms with Gasteiger partial charge in [0.1, 0.15) is 6.10 Å². The number of carbonyl (C=O) groups excluding carboxylic acids is 1. The standard InChI is InChI=1S/C10H19NO3/c1-10(2,3)11-9(13)14-8-5-4-7(12)6-8/h7-8,12H,4-6H2,1-3H3,(H,11,13)/t7-,8-/m1/s1. The molecule has 2 N–H and O–H groups in total. The lowest BCUT2D eigenvalue weighted by Gasteiger charge is -2.21. The third-order valence-electron chi connectivity index (χ3n) is 2.11. The summed E-state index contributed by atoms with van der Waals surface area (Å²) in [5, 5.41) is 12.0. The topological polar surface area (TPSA) is 58.6 Å². The molecule has 2 atom stereocenters. The lowest BCUT2D eigenvalue weighted by molar-refractivity contribution is 0.0838. The Labute approximate surface area is 84.6 Å². The van der Waals surface area contributed by atoms with Gasteiger partial charge in [0, 0.05) is 12.0 Å². The van der Waals surface area contributed by atoms with Gasteiger partial charge in [-0.1, -0.05) is 0 Å². The highest BCUT2D eigenvalue weighted by Crippen LogP contribution is 2.21. The number of aliphatic hydroxyl groups excluding tert-OH is 1. The van der Waals surface area contributed by atoms with Crippen LogP contribution in [0.15, 0.2) is 0 Å². The average Bonchev–Trinajstić information content (AvgIpc) is 2.30. The first-order valence-corrected chi connectivity index (χ1v) is 5.04. The quantitative estimate of drug-likeness (QED) is 0.674. The summed E-state index contributed by atoms with van der Waals surface area (Å²) < 4.78 is 5.15. The van der Waals surface area contributed by atoms with E-state index < -0.39 is 6.09 Å². The fourth-order valence-corrected chi connectivity index (χ4v) is 1.51. The maximum atomic E-state index is 11.3.